The molecule has 2 bridgehead atoms. The standard InChI is InChI=1S/C17H33N/c1-7-10-18-14(12(2)3)15-16(4,5)13-8-9-17(15,6)11-13/h12-15,18H,7-11H2,1-6H3. The summed E-state index contributed by atoms with van der Waals surface area (Å²) in [7, 11) is 0. The lowest BCUT2D eigenvalue weighted by Gasteiger charge is -2.48. The van der Waals surface area contributed by atoms with E-state index >= 15 is 0 Å². The van der Waals surface area contributed by atoms with Crippen molar-refractivity contribution in [1.29, 1.82) is 0 Å². The third-order valence-electron chi connectivity index (χ3n) is 6.09. The Labute approximate surface area is 114 Å². The van der Waals surface area contributed by atoms with Gasteiger partial charge in [-0.1, -0.05) is 41.5 Å². The van der Waals surface area contributed by atoms with Gasteiger partial charge in [0.2, 0.25) is 0 Å². The molecule has 4 atom stereocenters. The predicted octanol–water partition coefficient (Wildman–Crippen LogP) is 4.47. The molecule has 0 aliphatic heterocycles. The van der Waals surface area contributed by atoms with E-state index in [-0.39, 0.29) is 0 Å². The van der Waals surface area contributed by atoms with Gasteiger partial charge in [0, 0.05) is 6.04 Å². The van der Waals surface area contributed by atoms with Crippen molar-refractivity contribution in [2.45, 2.75) is 73.3 Å². The zero-order valence-electron chi connectivity index (χ0n) is 13.3. The van der Waals surface area contributed by atoms with Crippen molar-refractivity contribution >= 4 is 0 Å². The Morgan fingerprint density at radius 2 is 1.89 bits per heavy atom. The van der Waals surface area contributed by atoms with Crippen molar-refractivity contribution in [2.24, 2.45) is 28.6 Å². The minimum atomic E-state index is 0.530. The summed E-state index contributed by atoms with van der Waals surface area (Å²) in [5, 5.41) is 3.88. The molecule has 0 aromatic heterocycles. The highest BCUT2D eigenvalue weighted by Gasteiger charge is 2.61. The fraction of sp³-hybridized carbons (Fsp3) is 1.00. The zero-order valence-corrected chi connectivity index (χ0v) is 13.3. The van der Waals surface area contributed by atoms with Gasteiger partial charge in [-0.3, -0.25) is 0 Å². The first-order valence-corrected chi connectivity index (χ1v) is 8.06. The second kappa shape index (κ2) is 4.81. The van der Waals surface area contributed by atoms with Crippen LogP contribution in [0.25, 0.3) is 0 Å². The molecule has 0 heterocycles. The van der Waals surface area contributed by atoms with Crippen molar-refractivity contribution in [1.82, 2.24) is 5.32 Å². The van der Waals surface area contributed by atoms with Crippen LogP contribution in [-0.2, 0) is 0 Å². The summed E-state index contributed by atoms with van der Waals surface area (Å²) < 4.78 is 0. The number of hydrogen-bond donors (Lipinski definition) is 1. The molecule has 0 radical (unpaired) electrons. The average molecular weight is 251 g/mol. The highest BCUT2D eigenvalue weighted by atomic mass is 14.9. The van der Waals surface area contributed by atoms with Crippen LogP contribution in [0.2, 0.25) is 0 Å². The highest BCUT2D eigenvalue weighted by molar-refractivity contribution is 5.11. The van der Waals surface area contributed by atoms with Crippen molar-refractivity contribution in [3.8, 4) is 0 Å². The van der Waals surface area contributed by atoms with Crippen LogP contribution in [0.4, 0.5) is 0 Å². The summed E-state index contributed by atoms with van der Waals surface area (Å²) in [6.45, 7) is 15.9. The molecule has 1 nitrogen and oxygen atoms in total. The molecule has 0 spiro atoms. The molecular weight excluding hydrogens is 218 g/mol. The Balaban J connectivity index is 2.23. The van der Waals surface area contributed by atoms with Crippen LogP contribution < -0.4 is 5.32 Å². The molecule has 0 aromatic carbocycles. The van der Waals surface area contributed by atoms with Crippen molar-refractivity contribution in [3.63, 3.8) is 0 Å². The molecule has 106 valence electrons. The molecule has 1 N–H and O–H groups in total. The molecular formula is C17H33N. The van der Waals surface area contributed by atoms with Gasteiger partial charge in [0.05, 0.1) is 0 Å². The third kappa shape index (κ3) is 2.13. The molecule has 4 unspecified atom stereocenters. The molecule has 0 saturated heterocycles. The lowest BCUT2D eigenvalue weighted by molar-refractivity contribution is 0.0259. The largest absolute Gasteiger partial charge is 0.313 e. The maximum atomic E-state index is 3.88. The van der Waals surface area contributed by atoms with Crippen LogP contribution >= 0.6 is 0 Å². The fourth-order valence-electron chi connectivity index (χ4n) is 5.29. The van der Waals surface area contributed by atoms with Gasteiger partial charge in [0.25, 0.3) is 0 Å². The first-order chi connectivity index (χ1) is 8.33. The van der Waals surface area contributed by atoms with Crippen LogP contribution in [0.5, 0.6) is 0 Å². The normalized spacial score (nSPS) is 39.5. The monoisotopic (exact) mass is 251 g/mol. The molecule has 1 heteroatoms. The topological polar surface area (TPSA) is 12.0 Å². The minimum Gasteiger partial charge on any atom is -0.313 e. The Hall–Kier alpha value is -0.0400. The Kier molecular flexibility index (Phi) is 3.84. The van der Waals surface area contributed by atoms with Crippen LogP contribution in [-0.4, -0.2) is 12.6 Å². The quantitative estimate of drug-likeness (QED) is 0.760. The summed E-state index contributed by atoms with van der Waals surface area (Å²) in [6.07, 6.45) is 5.65. The van der Waals surface area contributed by atoms with Crippen LogP contribution in [0.3, 0.4) is 0 Å². The van der Waals surface area contributed by atoms with E-state index in [2.05, 4.69) is 46.9 Å². The van der Waals surface area contributed by atoms with E-state index in [1.165, 1.54) is 32.2 Å². The van der Waals surface area contributed by atoms with Gasteiger partial charge < -0.3 is 5.32 Å². The molecule has 2 fully saturated rings. The van der Waals surface area contributed by atoms with Crippen LogP contribution in [0, 0.1) is 28.6 Å². The lowest BCUT2D eigenvalue weighted by atomic mass is 9.59. The molecule has 0 amide bonds. The number of fused-ring (bicyclic) bond motifs is 2. The van der Waals surface area contributed by atoms with Gasteiger partial charge in [0.1, 0.15) is 0 Å². The van der Waals surface area contributed by atoms with E-state index in [0.29, 0.717) is 16.9 Å². The van der Waals surface area contributed by atoms with E-state index < -0.39 is 0 Å². The SMILES string of the molecule is CCCNC(C(C)C)C1C2(C)CCC(C2)C1(C)C. The maximum absolute atomic E-state index is 3.88. The van der Waals surface area contributed by atoms with Crippen LogP contribution in [0.1, 0.15) is 67.2 Å². The van der Waals surface area contributed by atoms with Gasteiger partial charge >= 0.3 is 0 Å². The number of hydrogen-bond acceptors (Lipinski definition) is 1. The van der Waals surface area contributed by atoms with Gasteiger partial charge in [-0.15, -0.1) is 0 Å². The summed E-state index contributed by atoms with van der Waals surface area (Å²) in [5.74, 6) is 2.57. The minimum absolute atomic E-state index is 0.530. The fourth-order valence-corrected chi connectivity index (χ4v) is 5.29. The first kappa shape index (κ1) is 14.4. The molecule has 2 aliphatic carbocycles. The number of rotatable bonds is 5. The molecule has 2 rings (SSSR count). The van der Waals surface area contributed by atoms with Gasteiger partial charge in [-0.2, -0.15) is 0 Å². The van der Waals surface area contributed by atoms with Crippen molar-refractivity contribution < 1.29 is 0 Å². The highest BCUT2D eigenvalue weighted by Crippen LogP contribution is 2.67. The van der Waals surface area contributed by atoms with Crippen molar-refractivity contribution in [3.05, 3.63) is 0 Å². The van der Waals surface area contributed by atoms with Crippen molar-refractivity contribution in [2.75, 3.05) is 6.54 Å². The Bertz CT molecular complexity index is 289. The van der Waals surface area contributed by atoms with Gasteiger partial charge in [0.15, 0.2) is 0 Å². The van der Waals surface area contributed by atoms with E-state index in [1.54, 1.807) is 0 Å². The Morgan fingerprint density at radius 1 is 1.22 bits per heavy atom. The predicted molar refractivity (Wildman–Crippen MR) is 79.6 cm³/mol. The Morgan fingerprint density at radius 3 is 2.33 bits per heavy atom. The summed E-state index contributed by atoms with van der Waals surface area (Å²) >= 11 is 0. The summed E-state index contributed by atoms with van der Waals surface area (Å²) in [5.41, 5.74) is 1.13. The molecule has 0 aromatic rings. The first-order valence-electron chi connectivity index (χ1n) is 8.06. The van der Waals surface area contributed by atoms with Gasteiger partial charge in [-0.05, 0) is 60.8 Å². The second-order valence-corrected chi connectivity index (χ2v) is 8.12. The smallest absolute Gasteiger partial charge is 0.0129 e. The van der Waals surface area contributed by atoms with Gasteiger partial charge in [-0.25, -0.2) is 0 Å². The molecule has 2 aliphatic rings. The summed E-state index contributed by atoms with van der Waals surface area (Å²) in [4.78, 5) is 0. The third-order valence-corrected chi connectivity index (χ3v) is 6.09. The lowest BCUT2D eigenvalue weighted by Crippen LogP contribution is -2.51. The van der Waals surface area contributed by atoms with E-state index in [0.717, 1.165) is 17.8 Å². The molecule has 2 saturated carbocycles. The van der Waals surface area contributed by atoms with Crippen LogP contribution in [0.15, 0.2) is 0 Å². The summed E-state index contributed by atoms with van der Waals surface area (Å²) in [6, 6.07) is 0.704. The van der Waals surface area contributed by atoms with E-state index in [9.17, 15) is 0 Å². The number of nitrogens with one attached hydrogen (secondary N) is 1. The zero-order chi connectivity index (χ0) is 13.6. The van der Waals surface area contributed by atoms with E-state index in [1.807, 2.05) is 0 Å². The maximum Gasteiger partial charge on any atom is 0.0129 e. The molecule has 18 heavy (non-hydrogen) atoms. The average Bonchev–Trinajstić information content (AvgIpc) is 2.73. The second-order valence-electron chi connectivity index (χ2n) is 8.12. The van der Waals surface area contributed by atoms with E-state index in [4.69, 9.17) is 0 Å².